The molecule has 1 heterocycles. The van der Waals surface area contributed by atoms with E-state index in [9.17, 15) is 0 Å². The molecule has 9 aliphatic rings. The van der Waals surface area contributed by atoms with Crippen LogP contribution >= 0.6 is 0 Å². The van der Waals surface area contributed by atoms with Crippen molar-refractivity contribution in [2.24, 2.45) is 0 Å². The average molecular weight is 1120 g/mol. The zero-order valence-corrected chi connectivity index (χ0v) is 49.0. The molecule has 0 saturated carbocycles. The van der Waals surface area contributed by atoms with Crippen LogP contribution in [0.1, 0.15) is 118 Å². The molecule has 88 heavy (non-hydrogen) atoms. The van der Waals surface area contributed by atoms with Gasteiger partial charge in [0.25, 0.3) is 0 Å². The molecule has 0 radical (unpaired) electrons. The largest absolute Gasteiger partial charge is 0.309 e. The first-order valence-corrected chi connectivity index (χ1v) is 32.2. The smallest absolute Gasteiger partial charge is 0.0725 e. The minimum atomic E-state index is -0.471. The Morgan fingerprint density at radius 2 is 0.977 bits per heavy atom. The van der Waals surface area contributed by atoms with E-state index in [1.54, 1.807) is 11.1 Å². The second-order valence-electron chi connectivity index (χ2n) is 26.0. The summed E-state index contributed by atoms with van der Waals surface area (Å²) in [5.41, 5.74) is 38.1. The van der Waals surface area contributed by atoms with E-state index >= 15 is 0 Å². The van der Waals surface area contributed by atoms with Crippen molar-refractivity contribution in [3.63, 3.8) is 0 Å². The summed E-state index contributed by atoms with van der Waals surface area (Å²) in [6, 6.07) is 86.2. The number of nitrogens with zero attached hydrogens (tertiary/aromatic N) is 1. The maximum absolute atomic E-state index is 2.71. The van der Waals surface area contributed by atoms with E-state index in [4.69, 9.17) is 0 Å². The van der Waals surface area contributed by atoms with E-state index < -0.39 is 5.41 Å². The van der Waals surface area contributed by atoms with Gasteiger partial charge in [0.15, 0.2) is 0 Å². The predicted octanol–water partition coefficient (Wildman–Crippen LogP) is 21.4. The number of rotatable bonds is 5. The van der Waals surface area contributed by atoms with Crippen molar-refractivity contribution < 1.29 is 0 Å². The standard InChI is InChI=1S/C87H61N/c1-2-22-58(23-3-1)88-81-43-19-11-29-66(81)70-52-69-65-28-8-12-34-71(65)85(80(69)53-82(70)88,56-48-44-54(45-49-56)59-32-20-41-78-83(59)67-30-9-17-39-76(67)86(78)72-35-13-4-24-61(72)62-25-5-14-36-73(62)86)57-50-46-55(47-51-57)60-33-21-42-79-84(60)68-31-10-18-40-77(68)87(79)74-37-15-6-26-63(74)64-27-7-16-38-75(64)87/h1-9,11,13-30,32-33,35-44,46,48,50-53,55H,10,12,31,34,45,47,49H2. The van der Waals surface area contributed by atoms with Gasteiger partial charge in [-0.1, -0.05) is 254 Å². The lowest BCUT2D eigenvalue weighted by molar-refractivity contribution is 0.635. The molecule has 0 aliphatic heterocycles. The minimum absolute atomic E-state index is 0.220. The van der Waals surface area contributed by atoms with Crippen molar-refractivity contribution in [3.05, 3.63) is 368 Å². The fourth-order valence-electron chi connectivity index (χ4n) is 19.2. The normalized spacial score (nSPS) is 20.3. The van der Waals surface area contributed by atoms with Crippen molar-refractivity contribution in [1.82, 2.24) is 4.57 Å². The Morgan fingerprint density at radius 1 is 0.386 bits per heavy atom. The summed E-state index contributed by atoms with van der Waals surface area (Å²) < 4.78 is 2.53. The zero-order chi connectivity index (χ0) is 57.5. The third-order valence-corrected chi connectivity index (χ3v) is 22.4. The van der Waals surface area contributed by atoms with Crippen molar-refractivity contribution in [1.29, 1.82) is 0 Å². The lowest BCUT2D eigenvalue weighted by atomic mass is 9.61. The molecule has 11 aromatic rings. The molecular weight excluding hydrogens is 1060 g/mol. The number of fused-ring (bicyclic) bond motifs is 24. The van der Waals surface area contributed by atoms with Gasteiger partial charge >= 0.3 is 0 Å². The zero-order valence-electron chi connectivity index (χ0n) is 49.0. The van der Waals surface area contributed by atoms with Gasteiger partial charge < -0.3 is 4.57 Å². The molecule has 20 rings (SSSR count). The van der Waals surface area contributed by atoms with E-state index in [1.807, 2.05) is 0 Å². The quantitative estimate of drug-likeness (QED) is 0.162. The Bertz CT molecular complexity index is 5150. The summed E-state index contributed by atoms with van der Waals surface area (Å²) in [6.45, 7) is 0. The molecule has 414 valence electrons. The topological polar surface area (TPSA) is 4.93 Å². The fraction of sp³-hybridized carbons (Fsp3) is 0.126. The number of allylic oxidation sites excluding steroid dienone is 16. The fourth-order valence-corrected chi connectivity index (χ4v) is 19.2. The molecule has 1 nitrogen and oxygen atoms in total. The van der Waals surface area contributed by atoms with E-state index in [0.717, 1.165) is 44.9 Å². The highest BCUT2D eigenvalue weighted by Crippen LogP contribution is 2.67. The molecule has 0 saturated heterocycles. The number of benzene rings is 10. The molecule has 2 spiro atoms. The van der Waals surface area contributed by atoms with Crippen molar-refractivity contribution in [2.75, 3.05) is 0 Å². The Morgan fingerprint density at radius 3 is 1.67 bits per heavy atom. The average Bonchev–Trinajstić information content (AvgIpc) is 1.55. The van der Waals surface area contributed by atoms with Crippen LogP contribution in [0.2, 0.25) is 0 Å². The van der Waals surface area contributed by atoms with E-state index in [0.29, 0.717) is 0 Å². The maximum atomic E-state index is 2.71. The lowest BCUT2D eigenvalue weighted by Crippen LogP contribution is -2.33. The van der Waals surface area contributed by atoms with Gasteiger partial charge in [0, 0.05) is 22.4 Å². The Hall–Kier alpha value is -10.1. The highest BCUT2D eigenvalue weighted by Gasteiger charge is 2.55. The molecule has 1 aromatic heterocycles. The van der Waals surface area contributed by atoms with Gasteiger partial charge in [-0.3, -0.25) is 0 Å². The number of para-hydroxylation sites is 2. The monoisotopic (exact) mass is 1120 g/mol. The van der Waals surface area contributed by atoms with Crippen LogP contribution in [0.15, 0.2) is 301 Å². The predicted molar refractivity (Wildman–Crippen MR) is 364 cm³/mol. The summed E-state index contributed by atoms with van der Waals surface area (Å²) in [6.07, 6.45) is 30.0. The third kappa shape index (κ3) is 6.03. The Kier molecular flexibility index (Phi) is 10.0. The van der Waals surface area contributed by atoms with Gasteiger partial charge in [0.05, 0.1) is 27.3 Å². The van der Waals surface area contributed by atoms with Crippen molar-refractivity contribution in [2.45, 2.75) is 67.1 Å². The maximum Gasteiger partial charge on any atom is 0.0725 e. The summed E-state index contributed by atoms with van der Waals surface area (Å²) in [4.78, 5) is 0. The molecule has 0 N–H and O–H groups in total. The van der Waals surface area contributed by atoms with Crippen LogP contribution < -0.4 is 0 Å². The summed E-state index contributed by atoms with van der Waals surface area (Å²) in [5.74, 6) is 0.220. The molecule has 0 amide bonds. The first kappa shape index (κ1) is 49.1. The van der Waals surface area contributed by atoms with Crippen LogP contribution in [0.25, 0.3) is 77.6 Å². The minimum Gasteiger partial charge on any atom is -0.309 e. The van der Waals surface area contributed by atoms with Crippen LogP contribution in [0.5, 0.6) is 0 Å². The molecule has 0 bridgehead atoms. The van der Waals surface area contributed by atoms with Gasteiger partial charge in [-0.25, -0.2) is 0 Å². The number of hydrogen-bond acceptors (Lipinski definition) is 0. The highest BCUT2D eigenvalue weighted by molar-refractivity contribution is 6.12. The van der Waals surface area contributed by atoms with Crippen LogP contribution in [0, 0.1) is 0 Å². The molecule has 2 atom stereocenters. The molecule has 1 heteroatoms. The molecule has 9 aliphatic carbocycles. The van der Waals surface area contributed by atoms with Crippen LogP contribution in [0.4, 0.5) is 0 Å². The van der Waals surface area contributed by atoms with E-state index in [2.05, 4.69) is 284 Å². The lowest BCUT2D eigenvalue weighted by Gasteiger charge is -2.41. The first-order chi connectivity index (χ1) is 43.7. The summed E-state index contributed by atoms with van der Waals surface area (Å²) in [7, 11) is 0. The first-order valence-electron chi connectivity index (χ1n) is 32.2. The van der Waals surface area contributed by atoms with Crippen LogP contribution in [-0.4, -0.2) is 4.57 Å². The third-order valence-electron chi connectivity index (χ3n) is 22.4. The van der Waals surface area contributed by atoms with Gasteiger partial charge in [-0.15, -0.1) is 0 Å². The van der Waals surface area contributed by atoms with Crippen LogP contribution in [-0.2, 0) is 16.2 Å². The second kappa shape index (κ2) is 18.0. The summed E-state index contributed by atoms with van der Waals surface area (Å²) >= 11 is 0. The Balaban J connectivity index is 0.783. The van der Waals surface area contributed by atoms with Crippen molar-refractivity contribution in [3.8, 4) is 39.1 Å². The highest BCUT2D eigenvalue weighted by atomic mass is 15.0. The second-order valence-corrected chi connectivity index (χ2v) is 26.0. The molecular formula is C87H61N. The van der Waals surface area contributed by atoms with Gasteiger partial charge in [0.1, 0.15) is 0 Å². The molecule has 2 unspecified atom stereocenters. The molecule has 0 fully saturated rings. The van der Waals surface area contributed by atoms with E-state index in [1.165, 1.54) is 156 Å². The number of aromatic nitrogens is 1. The van der Waals surface area contributed by atoms with Gasteiger partial charge in [-0.05, 0) is 209 Å². The van der Waals surface area contributed by atoms with E-state index in [-0.39, 0.29) is 16.7 Å². The number of hydrogen-bond donors (Lipinski definition) is 0. The SMILES string of the molecule is C1=CC2=C(CC1)c1c(C3C=CC(C4(C5=CC=C(c6cccc7c6-c6ccccc6C76c7ccccc7-c7ccccc76)CC5)C5=C(C=CCC5)c5cc6c7ccccc7n(-c7ccccc7)c6cc54)=CC3)cccc1C21c2ccccc2-c2ccccc21. The molecule has 10 aromatic carbocycles. The van der Waals surface area contributed by atoms with Crippen LogP contribution in [0.3, 0.4) is 0 Å². The summed E-state index contributed by atoms with van der Waals surface area (Å²) in [5, 5.41) is 2.61. The van der Waals surface area contributed by atoms with Gasteiger partial charge in [-0.2, -0.15) is 0 Å². The van der Waals surface area contributed by atoms with Crippen molar-refractivity contribution >= 4 is 38.5 Å². The van der Waals surface area contributed by atoms with Gasteiger partial charge in [0.2, 0.25) is 0 Å². The Labute approximate surface area is 514 Å².